The lowest BCUT2D eigenvalue weighted by Crippen LogP contribution is -2.50. The van der Waals surface area contributed by atoms with Crippen molar-refractivity contribution in [2.45, 2.75) is 64.4 Å². The first-order valence-electron chi connectivity index (χ1n) is 12.2. The molecule has 36 heavy (non-hydrogen) atoms. The fraction of sp³-hybridized carbons (Fsp3) is 0.407. The molecular weight excluding hydrogens is 460 g/mol. The van der Waals surface area contributed by atoms with Crippen molar-refractivity contribution in [1.29, 1.82) is 0 Å². The van der Waals surface area contributed by atoms with Crippen molar-refractivity contribution in [2.24, 2.45) is 4.99 Å². The Morgan fingerprint density at radius 2 is 1.81 bits per heavy atom. The number of carbonyl (C=O) groups is 3. The molecular formula is C27H32N4O5. The van der Waals surface area contributed by atoms with E-state index in [-0.39, 0.29) is 6.61 Å². The molecule has 3 amide bonds. The predicted octanol–water partition coefficient (Wildman–Crippen LogP) is 4.47. The molecule has 4 rings (SSSR count). The van der Waals surface area contributed by atoms with E-state index in [1.54, 1.807) is 11.0 Å². The summed E-state index contributed by atoms with van der Waals surface area (Å²) in [6, 6.07) is 16.1. The van der Waals surface area contributed by atoms with Gasteiger partial charge in [-0.05, 0) is 51.7 Å². The molecule has 2 aromatic rings. The number of hydrogen-bond acceptors (Lipinski definition) is 6. The molecule has 2 N–H and O–H groups in total. The molecule has 2 heterocycles. The molecule has 0 aromatic heterocycles. The molecule has 2 aliphatic rings. The molecule has 0 unspecified atom stereocenters. The number of likely N-dealkylation sites (tertiary alicyclic amines) is 1. The Labute approximate surface area is 210 Å². The van der Waals surface area contributed by atoms with Crippen molar-refractivity contribution in [3.8, 4) is 0 Å². The first-order valence-corrected chi connectivity index (χ1v) is 12.2. The summed E-state index contributed by atoms with van der Waals surface area (Å²) in [6.07, 6.45) is -0.0216. The van der Waals surface area contributed by atoms with Crippen LogP contribution in [0.5, 0.6) is 0 Å². The monoisotopic (exact) mass is 492 g/mol. The van der Waals surface area contributed by atoms with Crippen LogP contribution in [-0.2, 0) is 20.9 Å². The van der Waals surface area contributed by atoms with Crippen molar-refractivity contribution >= 4 is 29.5 Å². The molecule has 2 aromatic carbocycles. The van der Waals surface area contributed by atoms with E-state index < -0.39 is 35.9 Å². The molecule has 0 bridgehead atoms. The average molecular weight is 493 g/mol. The number of para-hydroxylation sites is 1. The lowest BCUT2D eigenvalue weighted by atomic mass is 9.93. The fourth-order valence-corrected chi connectivity index (χ4v) is 4.28. The average Bonchev–Trinajstić information content (AvgIpc) is 2.98. The van der Waals surface area contributed by atoms with Gasteiger partial charge in [-0.25, -0.2) is 9.59 Å². The van der Waals surface area contributed by atoms with E-state index in [4.69, 9.17) is 9.47 Å². The summed E-state index contributed by atoms with van der Waals surface area (Å²) in [4.78, 5) is 45.0. The van der Waals surface area contributed by atoms with Crippen molar-refractivity contribution in [2.75, 3.05) is 11.9 Å². The van der Waals surface area contributed by atoms with Gasteiger partial charge in [0.1, 0.15) is 12.2 Å². The first-order chi connectivity index (χ1) is 17.2. The number of carbonyl (C=O) groups excluding carboxylic acids is 3. The third kappa shape index (κ3) is 6.21. The second-order valence-corrected chi connectivity index (χ2v) is 9.84. The normalized spacial score (nSPS) is 19.8. The summed E-state index contributed by atoms with van der Waals surface area (Å²) < 4.78 is 11.0. The highest BCUT2D eigenvalue weighted by molar-refractivity contribution is 6.15. The Kier molecular flexibility index (Phi) is 7.57. The smallest absolute Gasteiger partial charge is 0.410 e. The number of ether oxygens (including phenoxy) is 2. The van der Waals surface area contributed by atoms with Gasteiger partial charge in [0.2, 0.25) is 6.17 Å². The van der Waals surface area contributed by atoms with Gasteiger partial charge in [-0.1, -0.05) is 48.5 Å². The number of nitrogens with one attached hydrogen (secondary N) is 2. The number of hydrogen-bond donors (Lipinski definition) is 2. The minimum Gasteiger partial charge on any atom is -0.445 e. The molecule has 1 saturated heterocycles. The molecule has 0 radical (unpaired) electrons. The summed E-state index contributed by atoms with van der Waals surface area (Å²) >= 11 is 0. The van der Waals surface area contributed by atoms with Crippen LogP contribution in [-0.4, -0.2) is 53.1 Å². The predicted molar refractivity (Wildman–Crippen MR) is 136 cm³/mol. The topological polar surface area (TPSA) is 109 Å². The van der Waals surface area contributed by atoms with Crippen molar-refractivity contribution in [3.05, 3.63) is 65.7 Å². The van der Waals surface area contributed by atoms with Crippen LogP contribution in [0.4, 0.5) is 15.3 Å². The highest BCUT2D eigenvalue weighted by atomic mass is 16.6. The number of anilines is 1. The standard InChI is InChI=1S/C27H32N4O5/c1-27(2,3)36-26(34)31-16-10-9-15-21(31)22-19-13-7-8-14-20(19)28-24(32)23(29-22)30-25(33)35-17-18-11-5-4-6-12-18/h4-8,11-14,21,23H,9-10,15-17H2,1-3H3,(H,28,32)(H,30,33)/t21-,23-/m0/s1. The van der Waals surface area contributed by atoms with E-state index in [0.717, 1.165) is 18.4 Å². The summed E-state index contributed by atoms with van der Waals surface area (Å²) in [7, 11) is 0. The van der Waals surface area contributed by atoms with E-state index >= 15 is 0 Å². The van der Waals surface area contributed by atoms with Crippen molar-refractivity contribution < 1.29 is 23.9 Å². The third-order valence-corrected chi connectivity index (χ3v) is 5.89. The number of benzene rings is 2. The molecule has 9 nitrogen and oxygen atoms in total. The number of fused-ring (bicyclic) bond motifs is 1. The minimum atomic E-state index is -1.22. The lowest BCUT2D eigenvalue weighted by molar-refractivity contribution is -0.117. The van der Waals surface area contributed by atoms with Gasteiger partial charge in [-0.15, -0.1) is 0 Å². The number of alkyl carbamates (subject to hydrolysis) is 1. The highest BCUT2D eigenvalue weighted by Gasteiger charge is 2.37. The summed E-state index contributed by atoms with van der Waals surface area (Å²) in [5, 5.41) is 5.41. The zero-order valence-corrected chi connectivity index (χ0v) is 20.8. The summed E-state index contributed by atoms with van der Waals surface area (Å²) in [5.41, 5.74) is 1.99. The Balaban J connectivity index is 1.61. The van der Waals surface area contributed by atoms with Crippen LogP contribution in [0.15, 0.2) is 59.6 Å². The zero-order chi connectivity index (χ0) is 25.7. The van der Waals surface area contributed by atoms with Crippen molar-refractivity contribution in [1.82, 2.24) is 10.2 Å². The number of amides is 3. The molecule has 0 spiro atoms. The molecule has 190 valence electrons. The Morgan fingerprint density at radius 1 is 1.08 bits per heavy atom. The SMILES string of the molecule is CC(C)(C)OC(=O)N1CCCC[C@H]1C1=N[C@@H](NC(=O)OCc2ccccc2)C(=O)Nc2ccccc21. The molecule has 1 fully saturated rings. The Morgan fingerprint density at radius 3 is 2.56 bits per heavy atom. The number of rotatable bonds is 4. The highest BCUT2D eigenvalue weighted by Crippen LogP contribution is 2.29. The molecule has 2 atom stereocenters. The van der Waals surface area contributed by atoms with Crippen LogP contribution in [0.3, 0.4) is 0 Å². The summed E-state index contributed by atoms with van der Waals surface area (Å²) in [6.45, 7) is 6.05. The van der Waals surface area contributed by atoms with Gasteiger partial charge in [0, 0.05) is 12.1 Å². The third-order valence-electron chi connectivity index (χ3n) is 5.89. The quantitative estimate of drug-likeness (QED) is 0.655. The number of nitrogens with zero attached hydrogens (tertiary/aromatic N) is 2. The second-order valence-electron chi connectivity index (χ2n) is 9.84. The van der Waals surface area contributed by atoms with Gasteiger partial charge in [-0.2, -0.15) is 0 Å². The van der Waals surface area contributed by atoms with Crippen LogP contribution in [0.2, 0.25) is 0 Å². The number of benzodiazepines with no additional fused rings is 1. The number of piperidine rings is 1. The molecule has 0 saturated carbocycles. The van der Waals surface area contributed by atoms with E-state index in [0.29, 0.717) is 29.9 Å². The van der Waals surface area contributed by atoms with Crippen LogP contribution >= 0.6 is 0 Å². The van der Waals surface area contributed by atoms with Crippen molar-refractivity contribution in [3.63, 3.8) is 0 Å². The summed E-state index contributed by atoms with van der Waals surface area (Å²) in [5.74, 6) is -0.492. The van der Waals surface area contributed by atoms with Gasteiger partial charge >= 0.3 is 12.2 Å². The largest absolute Gasteiger partial charge is 0.445 e. The van der Waals surface area contributed by atoms with Gasteiger partial charge in [-0.3, -0.25) is 20.0 Å². The zero-order valence-electron chi connectivity index (χ0n) is 20.8. The maximum atomic E-state index is 13.1. The van der Waals surface area contributed by atoms with E-state index in [9.17, 15) is 14.4 Å². The fourth-order valence-electron chi connectivity index (χ4n) is 4.28. The van der Waals surface area contributed by atoms with Crippen LogP contribution in [0.25, 0.3) is 0 Å². The second kappa shape index (κ2) is 10.8. The molecule has 9 heteroatoms. The Hall–Kier alpha value is -3.88. The molecule has 0 aliphatic carbocycles. The van der Waals surface area contributed by atoms with E-state index in [1.165, 1.54) is 0 Å². The van der Waals surface area contributed by atoms with Gasteiger partial charge in [0.05, 0.1) is 17.4 Å². The van der Waals surface area contributed by atoms with Gasteiger partial charge in [0.15, 0.2) is 0 Å². The number of aliphatic imine (C=N–C) groups is 1. The first kappa shape index (κ1) is 25.2. The molecule has 2 aliphatic heterocycles. The lowest BCUT2D eigenvalue weighted by Gasteiger charge is -2.37. The van der Waals surface area contributed by atoms with Gasteiger partial charge in [0.25, 0.3) is 5.91 Å². The Bertz CT molecular complexity index is 1140. The van der Waals surface area contributed by atoms with E-state index in [2.05, 4.69) is 15.6 Å². The van der Waals surface area contributed by atoms with E-state index in [1.807, 2.05) is 69.3 Å². The maximum absolute atomic E-state index is 13.1. The maximum Gasteiger partial charge on any atom is 0.410 e. The van der Waals surface area contributed by atoms with Crippen LogP contribution < -0.4 is 10.6 Å². The van der Waals surface area contributed by atoms with Gasteiger partial charge < -0.3 is 14.8 Å². The van der Waals surface area contributed by atoms with Crippen LogP contribution in [0.1, 0.15) is 51.2 Å². The van der Waals surface area contributed by atoms with Crippen LogP contribution in [0, 0.1) is 0 Å². The minimum absolute atomic E-state index is 0.0624.